The highest BCUT2D eigenvalue weighted by atomic mass is 16.6. The molecule has 0 bridgehead atoms. The maximum atomic E-state index is 12.6. The highest BCUT2D eigenvalue weighted by molar-refractivity contribution is 5.89. The van der Waals surface area contributed by atoms with Crippen LogP contribution in [0.15, 0.2) is 30.3 Å². The molecule has 0 amide bonds. The largest absolute Gasteiger partial charge is 0.497 e. The highest BCUT2D eigenvalue weighted by Gasteiger charge is 2.56. The number of esters is 1. The predicted octanol–water partition coefficient (Wildman–Crippen LogP) is 2.05. The van der Waals surface area contributed by atoms with Crippen molar-refractivity contribution in [3.8, 4) is 23.0 Å². The molecular formula is C19H18O6. The van der Waals surface area contributed by atoms with Gasteiger partial charge in [-0.3, -0.25) is 0 Å². The van der Waals surface area contributed by atoms with E-state index in [9.17, 15) is 9.90 Å². The summed E-state index contributed by atoms with van der Waals surface area (Å²) in [6, 6.07) is 8.90. The van der Waals surface area contributed by atoms with Crippen molar-refractivity contribution in [3.05, 3.63) is 47.0 Å². The van der Waals surface area contributed by atoms with Gasteiger partial charge in [-0.05, 0) is 29.3 Å². The van der Waals surface area contributed by atoms with Gasteiger partial charge in [0.1, 0.15) is 11.5 Å². The molecule has 6 heteroatoms. The van der Waals surface area contributed by atoms with E-state index in [0.29, 0.717) is 23.0 Å². The molecule has 2 aromatic rings. The summed E-state index contributed by atoms with van der Waals surface area (Å²) in [5, 5.41) is 11.1. The van der Waals surface area contributed by atoms with E-state index in [4.69, 9.17) is 18.9 Å². The molecule has 4 rings (SSSR count). The first-order chi connectivity index (χ1) is 12.0. The second-order valence-corrected chi connectivity index (χ2v) is 6.23. The second-order valence-electron chi connectivity index (χ2n) is 6.23. The van der Waals surface area contributed by atoms with Crippen LogP contribution in [0, 0.1) is 0 Å². The summed E-state index contributed by atoms with van der Waals surface area (Å²) < 4.78 is 21.3. The molecule has 2 aromatic carbocycles. The van der Waals surface area contributed by atoms with Crippen molar-refractivity contribution in [2.75, 3.05) is 21.3 Å². The first-order valence-electron chi connectivity index (χ1n) is 7.89. The van der Waals surface area contributed by atoms with Gasteiger partial charge in [0, 0.05) is 18.1 Å². The number of hydrogen-bond donors (Lipinski definition) is 1. The molecule has 2 aliphatic rings. The number of carbonyl (C=O) groups excluding carboxylic acids is 1. The molecule has 1 N–H and O–H groups in total. The van der Waals surface area contributed by atoms with Gasteiger partial charge >= 0.3 is 5.97 Å². The van der Waals surface area contributed by atoms with E-state index < -0.39 is 17.5 Å². The van der Waals surface area contributed by atoms with E-state index in [0.717, 1.165) is 16.7 Å². The summed E-state index contributed by atoms with van der Waals surface area (Å²) in [5.41, 5.74) is 0.782. The average molecular weight is 342 g/mol. The van der Waals surface area contributed by atoms with Crippen molar-refractivity contribution in [1.29, 1.82) is 0 Å². The van der Waals surface area contributed by atoms with E-state index in [1.165, 1.54) is 0 Å². The number of rotatable bonds is 3. The van der Waals surface area contributed by atoms with Gasteiger partial charge in [-0.2, -0.15) is 0 Å². The van der Waals surface area contributed by atoms with Gasteiger partial charge < -0.3 is 24.1 Å². The fourth-order valence-corrected chi connectivity index (χ4v) is 3.78. The Kier molecular flexibility index (Phi) is 3.40. The summed E-state index contributed by atoms with van der Waals surface area (Å²) in [5.74, 6) is 0.923. The molecule has 1 heterocycles. The summed E-state index contributed by atoms with van der Waals surface area (Å²) in [6.45, 7) is 0. The van der Waals surface area contributed by atoms with E-state index in [1.54, 1.807) is 39.5 Å². The Bertz CT molecular complexity index is 874. The first kappa shape index (κ1) is 15.8. The van der Waals surface area contributed by atoms with Crippen LogP contribution in [0.3, 0.4) is 0 Å². The lowest BCUT2D eigenvalue weighted by atomic mass is 9.80. The molecule has 0 saturated heterocycles. The van der Waals surface area contributed by atoms with E-state index in [-0.39, 0.29) is 6.42 Å². The molecule has 0 saturated carbocycles. The van der Waals surface area contributed by atoms with Crippen molar-refractivity contribution in [3.63, 3.8) is 0 Å². The minimum Gasteiger partial charge on any atom is -0.497 e. The molecule has 0 aromatic heterocycles. The zero-order valence-corrected chi connectivity index (χ0v) is 14.2. The van der Waals surface area contributed by atoms with Crippen molar-refractivity contribution < 1.29 is 28.8 Å². The average Bonchev–Trinajstić information content (AvgIpc) is 2.93. The number of carbonyl (C=O) groups is 1. The molecule has 1 aliphatic carbocycles. The topological polar surface area (TPSA) is 74.2 Å². The van der Waals surface area contributed by atoms with Gasteiger partial charge in [-0.25, -0.2) is 4.79 Å². The monoisotopic (exact) mass is 342 g/mol. The Labute approximate surface area is 144 Å². The molecule has 0 unspecified atom stereocenters. The Hall–Kier alpha value is -2.73. The quantitative estimate of drug-likeness (QED) is 0.680. The maximum Gasteiger partial charge on any atom is 0.344 e. The smallest absolute Gasteiger partial charge is 0.344 e. The molecule has 130 valence electrons. The van der Waals surface area contributed by atoms with Crippen LogP contribution in [0.2, 0.25) is 0 Å². The molecular weight excluding hydrogens is 324 g/mol. The van der Waals surface area contributed by atoms with E-state index in [2.05, 4.69) is 0 Å². The van der Waals surface area contributed by atoms with Crippen molar-refractivity contribution in [1.82, 2.24) is 0 Å². The zero-order valence-electron chi connectivity index (χ0n) is 14.2. The third kappa shape index (κ3) is 2.10. The number of ether oxygens (including phenoxy) is 4. The summed E-state index contributed by atoms with van der Waals surface area (Å²) in [6.07, 6.45) is 0.164. The molecule has 25 heavy (non-hydrogen) atoms. The normalized spacial score (nSPS) is 23.2. The van der Waals surface area contributed by atoms with Crippen molar-refractivity contribution in [2.24, 2.45) is 0 Å². The lowest BCUT2D eigenvalue weighted by Gasteiger charge is -2.34. The van der Waals surface area contributed by atoms with E-state index >= 15 is 0 Å². The van der Waals surface area contributed by atoms with Crippen LogP contribution in [0.25, 0.3) is 0 Å². The second kappa shape index (κ2) is 5.39. The van der Waals surface area contributed by atoms with Crippen LogP contribution >= 0.6 is 0 Å². The standard InChI is InChI=1S/C19H18O6/c1-22-11-4-5-12-14(7-11)25-18(20)19(21)9-10-6-15(23-2)16(24-3)8-13(10)17(12)19/h4-8,17,21H,9H2,1-3H3/t17-,19-/m1/s1. The summed E-state index contributed by atoms with van der Waals surface area (Å²) in [4.78, 5) is 12.6. The van der Waals surface area contributed by atoms with Crippen LogP contribution in [-0.4, -0.2) is 38.0 Å². The first-order valence-corrected chi connectivity index (χ1v) is 7.89. The van der Waals surface area contributed by atoms with Gasteiger partial charge in [-0.1, -0.05) is 6.07 Å². The Morgan fingerprint density at radius 1 is 1.04 bits per heavy atom. The lowest BCUT2D eigenvalue weighted by Crippen LogP contribution is -2.48. The number of benzene rings is 2. The molecule has 0 fully saturated rings. The van der Waals surface area contributed by atoms with Crippen molar-refractivity contribution >= 4 is 5.97 Å². The highest BCUT2D eigenvalue weighted by Crippen LogP contribution is 2.53. The zero-order chi connectivity index (χ0) is 17.8. The molecule has 0 spiro atoms. The predicted molar refractivity (Wildman–Crippen MR) is 88.7 cm³/mol. The van der Waals surface area contributed by atoms with E-state index in [1.807, 2.05) is 12.1 Å². The van der Waals surface area contributed by atoms with Gasteiger partial charge in [0.05, 0.1) is 27.2 Å². The Balaban J connectivity index is 1.93. The number of aliphatic hydroxyl groups is 1. The number of methoxy groups -OCH3 is 3. The van der Waals surface area contributed by atoms with Crippen LogP contribution in [0.1, 0.15) is 22.6 Å². The Morgan fingerprint density at radius 2 is 1.76 bits per heavy atom. The fraction of sp³-hybridized carbons (Fsp3) is 0.316. The van der Waals surface area contributed by atoms with Gasteiger partial charge in [-0.15, -0.1) is 0 Å². The third-order valence-electron chi connectivity index (χ3n) is 4.98. The van der Waals surface area contributed by atoms with Gasteiger partial charge in [0.2, 0.25) is 0 Å². The number of fused-ring (bicyclic) bond motifs is 5. The van der Waals surface area contributed by atoms with Gasteiger partial charge in [0.25, 0.3) is 0 Å². The molecule has 2 atom stereocenters. The van der Waals surface area contributed by atoms with Crippen LogP contribution in [0.4, 0.5) is 0 Å². The minimum atomic E-state index is -1.64. The summed E-state index contributed by atoms with van der Waals surface area (Å²) >= 11 is 0. The van der Waals surface area contributed by atoms with Gasteiger partial charge in [0.15, 0.2) is 17.1 Å². The minimum absolute atomic E-state index is 0.164. The lowest BCUT2D eigenvalue weighted by molar-refractivity contribution is -0.158. The molecule has 6 nitrogen and oxygen atoms in total. The molecule has 0 radical (unpaired) electrons. The maximum absolute atomic E-state index is 12.6. The summed E-state index contributed by atoms with van der Waals surface area (Å²) in [7, 11) is 4.65. The van der Waals surface area contributed by atoms with Crippen molar-refractivity contribution in [2.45, 2.75) is 17.9 Å². The van der Waals surface area contributed by atoms with Crippen LogP contribution < -0.4 is 18.9 Å². The van der Waals surface area contributed by atoms with Crippen LogP contribution in [0.5, 0.6) is 23.0 Å². The SMILES string of the molecule is COc1ccc2c(c1)OC(=O)[C@@]1(O)Cc3cc(OC)c(OC)cc3[C@@H]21. The Morgan fingerprint density at radius 3 is 2.44 bits per heavy atom. The van der Waals surface area contributed by atoms with Crippen LogP contribution in [-0.2, 0) is 11.2 Å². The fourth-order valence-electron chi connectivity index (χ4n) is 3.78. The third-order valence-corrected chi connectivity index (χ3v) is 4.98. The number of hydrogen-bond acceptors (Lipinski definition) is 6. The molecule has 1 aliphatic heterocycles.